The van der Waals surface area contributed by atoms with Crippen LogP contribution in [0, 0.1) is 12.7 Å². The number of nitrogens with one attached hydrogen (secondary N) is 2. The van der Waals surface area contributed by atoms with Crippen molar-refractivity contribution in [1.29, 1.82) is 0 Å². The zero-order valence-corrected chi connectivity index (χ0v) is 15.5. The van der Waals surface area contributed by atoms with E-state index in [9.17, 15) is 14.0 Å². The highest BCUT2D eigenvalue weighted by Crippen LogP contribution is 2.23. The second-order valence-electron chi connectivity index (χ2n) is 6.24. The third-order valence-electron chi connectivity index (χ3n) is 4.14. The Morgan fingerprint density at radius 3 is 3.00 bits per heavy atom. The van der Waals surface area contributed by atoms with Gasteiger partial charge in [-0.15, -0.1) is 0 Å². The van der Waals surface area contributed by atoms with Gasteiger partial charge in [-0.2, -0.15) is 0 Å². The van der Waals surface area contributed by atoms with E-state index in [-0.39, 0.29) is 30.1 Å². The Hall–Kier alpha value is -2.48. The minimum Gasteiger partial charge on any atom is -0.362 e. The summed E-state index contributed by atoms with van der Waals surface area (Å²) in [6.07, 6.45) is 0.249. The second kappa shape index (κ2) is 7.82. The average molecular weight is 376 g/mol. The Balaban J connectivity index is 1.61. The molecule has 0 unspecified atom stereocenters. The number of aryl methyl sites for hydroxylation is 1. The fourth-order valence-electron chi connectivity index (χ4n) is 2.96. The van der Waals surface area contributed by atoms with Gasteiger partial charge in [0, 0.05) is 26.1 Å². The molecule has 0 radical (unpaired) electrons. The largest absolute Gasteiger partial charge is 0.362 e. The Morgan fingerprint density at radius 2 is 2.27 bits per heavy atom. The molecule has 3 rings (SSSR count). The number of anilines is 1. The van der Waals surface area contributed by atoms with Gasteiger partial charge in [0.15, 0.2) is 5.13 Å². The number of hydrogen-bond donors (Lipinski definition) is 2. The average Bonchev–Trinajstić information content (AvgIpc) is 3.10. The van der Waals surface area contributed by atoms with Gasteiger partial charge in [0.05, 0.1) is 11.7 Å². The molecular formula is C18H21FN4O2S. The van der Waals surface area contributed by atoms with E-state index in [0.29, 0.717) is 28.8 Å². The first-order chi connectivity index (χ1) is 12.5. The number of likely N-dealkylation sites (tertiary alicyclic amines) is 1. The zero-order chi connectivity index (χ0) is 18.7. The van der Waals surface area contributed by atoms with Crippen LogP contribution in [0.15, 0.2) is 24.3 Å². The molecule has 0 aliphatic carbocycles. The molecule has 0 spiro atoms. The summed E-state index contributed by atoms with van der Waals surface area (Å²) in [6.45, 7) is 5.25. The smallest absolute Gasteiger partial charge is 0.263 e. The fourth-order valence-corrected chi connectivity index (χ4v) is 3.90. The number of carbonyl (C=O) groups excluding carboxylic acids is 2. The van der Waals surface area contributed by atoms with E-state index < -0.39 is 0 Å². The van der Waals surface area contributed by atoms with E-state index >= 15 is 0 Å². The first kappa shape index (κ1) is 18.3. The number of benzene rings is 1. The topological polar surface area (TPSA) is 74.3 Å². The third-order valence-corrected chi connectivity index (χ3v) is 5.26. The van der Waals surface area contributed by atoms with Crippen LogP contribution in [0.1, 0.15) is 34.3 Å². The Bertz CT molecular complexity index is 823. The highest BCUT2D eigenvalue weighted by Gasteiger charge is 2.31. The Morgan fingerprint density at radius 1 is 1.46 bits per heavy atom. The van der Waals surface area contributed by atoms with Crippen LogP contribution in [0.4, 0.5) is 9.52 Å². The standard InChI is InChI=1S/C18H21FN4O2S/c1-3-20-18-21-11(2)16(26-18)17(25)22-14-8-15(24)23(10-14)9-12-5-4-6-13(19)7-12/h4-7,14H,3,8-10H2,1-2H3,(H,20,21)(H,22,25)/t14-/m1/s1. The SMILES string of the molecule is CCNc1nc(C)c(C(=O)N[C@@H]2CC(=O)N(Cc3cccc(F)c3)C2)s1. The van der Waals surface area contributed by atoms with Crippen LogP contribution in [0.3, 0.4) is 0 Å². The number of nitrogens with zero attached hydrogens (tertiary/aromatic N) is 2. The number of amides is 2. The molecule has 1 aliphatic rings. The maximum absolute atomic E-state index is 13.3. The molecule has 0 bridgehead atoms. The second-order valence-corrected chi connectivity index (χ2v) is 7.24. The molecule has 1 saturated heterocycles. The lowest BCUT2D eigenvalue weighted by Crippen LogP contribution is -2.37. The molecule has 2 aromatic rings. The van der Waals surface area contributed by atoms with Gasteiger partial charge in [0.25, 0.3) is 5.91 Å². The van der Waals surface area contributed by atoms with Gasteiger partial charge < -0.3 is 15.5 Å². The molecule has 0 saturated carbocycles. The molecule has 1 aromatic heterocycles. The molecule has 26 heavy (non-hydrogen) atoms. The first-order valence-corrected chi connectivity index (χ1v) is 9.32. The van der Waals surface area contributed by atoms with Gasteiger partial charge in [-0.3, -0.25) is 9.59 Å². The van der Waals surface area contributed by atoms with Crippen LogP contribution in [-0.2, 0) is 11.3 Å². The van der Waals surface area contributed by atoms with Crippen LogP contribution >= 0.6 is 11.3 Å². The van der Waals surface area contributed by atoms with Gasteiger partial charge >= 0.3 is 0 Å². The van der Waals surface area contributed by atoms with Crippen LogP contribution < -0.4 is 10.6 Å². The van der Waals surface area contributed by atoms with Crippen LogP contribution in [0.2, 0.25) is 0 Å². The van der Waals surface area contributed by atoms with Crippen LogP contribution in [0.25, 0.3) is 0 Å². The number of hydrogen-bond acceptors (Lipinski definition) is 5. The molecule has 1 fully saturated rings. The number of thiazole rings is 1. The van der Waals surface area contributed by atoms with E-state index in [1.807, 2.05) is 6.92 Å². The quantitative estimate of drug-likeness (QED) is 0.813. The number of halogens is 1. The maximum Gasteiger partial charge on any atom is 0.263 e. The maximum atomic E-state index is 13.3. The summed E-state index contributed by atoms with van der Waals surface area (Å²) in [6, 6.07) is 5.94. The van der Waals surface area contributed by atoms with Crippen molar-refractivity contribution in [2.75, 3.05) is 18.4 Å². The van der Waals surface area contributed by atoms with Crippen molar-refractivity contribution in [3.8, 4) is 0 Å². The highest BCUT2D eigenvalue weighted by atomic mass is 32.1. The molecule has 8 heteroatoms. The minimum atomic E-state index is -0.323. The minimum absolute atomic E-state index is 0.0473. The molecule has 1 aromatic carbocycles. The molecule has 2 heterocycles. The normalized spacial score (nSPS) is 16.8. The summed E-state index contributed by atoms with van der Waals surface area (Å²) in [5, 5.41) is 6.73. The summed E-state index contributed by atoms with van der Waals surface area (Å²) in [5.41, 5.74) is 1.41. The molecule has 2 N–H and O–H groups in total. The van der Waals surface area contributed by atoms with E-state index in [4.69, 9.17) is 0 Å². The summed E-state index contributed by atoms with van der Waals surface area (Å²) in [4.78, 5) is 31.2. The predicted molar refractivity (Wildman–Crippen MR) is 98.7 cm³/mol. The lowest BCUT2D eigenvalue weighted by atomic mass is 10.2. The van der Waals surface area contributed by atoms with Crippen molar-refractivity contribution in [2.24, 2.45) is 0 Å². The summed E-state index contributed by atoms with van der Waals surface area (Å²) in [5.74, 6) is -0.584. The zero-order valence-electron chi connectivity index (χ0n) is 14.7. The summed E-state index contributed by atoms with van der Waals surface area (Å²) in [7, 11) is 0. The van der Waals surface area contributed by atoms with E-state index in [1.54, 1.807) is 24.0 Å². The van der Waals surface area contributed by atoms with Crippen molar-refractivity contribution in [2.45, 2.75) is 32.9 Å². The Labute approximate surface area is 155 Å². The number of carbonyl (C=O) groups is 2. The van der Waals surface area contributed by atoms with Gasteiger partial charge in [-0.1, -0.05) is 23.5 Å². The van der Waals surface area contributed by atoms with E-state index in [0.717, 1.165) is 12.1 Å². The van der Waals surface area contributed by atoms with E-state index in [1.165, 1.54) is 23.5 Å². The summed E-state index contributed by atoms with van der Waals surface area (Å²) < 4.78 is 13.3. The molecule has 1 aliphatic heterocycles. The van der Waals surface area contributed by atoms with Gasteiger partial charge in [-0.05, 0) is 31.5 Å². The van der Waals surface area contributed by atoms with Crippen molar-refractivity contribution in [3.05, 3.63) is 46.2 Å². The Kier molecular flexibility index (Phi) is 5.51. The van der Waals surface area contributed by atoms with Gasteiger partial charge in [-0.25, -0.2) is 9.37 Å². The summed E-state index contributed by atoms with van der Waals surface area (Å²) >= 11 is 1.31. The van der Waals surface area contributed by atoms with Crippen molar-refractivity contribution < 1.29 is 14.0 Å². The van der Waals surface area contributed by atoms with E-state index in [2.05, 4.69) is 15.6 Å². The lowest BCUT2D eigenvalue weighted by Gasteiger charge is -2.17. The molecular weight excluding hydrogens is 355 g/mol. The predicted octanol–water partition coefficient (Wildman–Crippen LogP) is 2.55. The van der Waals surface area contributed by atoms with Crippen molar-refractivity contribution >= 4 is 28.3 Å². The third kappa shape index (κ3) is 4.19. The van der Waals surface area contributed by atoms with Crippen molar-refractivity contribution in [3.63, 3.8) is 0 Å². The monoisotopic (exact) mass is 376 g/mol. The molecule has 6 nitrogen and oxygen atoms in total. The first-order valence-electron chi connectivity index (χ1n) is 8.50. The van der Waals surface area contributed by atoms with Crippen molar-refractivity contribution in [1.82, 2.24) is 15.2 Å². The fraction of sp³-hybridized carbons (Fsp3) is 0.389. The molecule has 138 valence electrons. The molecule has 1 atom stereocenters. The number of aromatic nitrogens is 1. The van der Waals surface area contributed by atoms with Crippen LogP contribution in [0.5, 0.6) is 0 Å². The highest BCUT2D eigenvalue weighted by molar-refractivity contribution is 7.17. The lowest BCUT2D eigenvalue weighted by molar-refractivity contribution is -0.128. The van der Waals surface area contributed by atoms with Gasteiger partial charge in [0.1, 0.15) is 10.7 Å². The van der Waals surface area contributed by atoms with Gasteiger partial charge in [0.2, 0.25) is 5.91 Å². The van der Waals surface area contributed by atoms with Crippen LogP contribution in [-0.4, -0.2) is 40.8 Å². The number of rotatable bonds is 6. The molecule has 2 amide bonds.